The molecular formula is C14H20N2O. The molecule has 17 heavy (non-hydrogen) atoms. The van der Waals surface area contributed by atoms with Crippen LogP contribution in [-0.4, -0.2) is 30.4 Å². The van der Waals surface area contributed by atoms with Crippen LogP contribution in [0.4, 0.5) is 0 Å². The van der Waals surface area contributed by atoms with E-state index in [4.69, 9.17) is 5.73 Å². The van der Waals surface area contributed by atoms with E-state index in [1.807, 2.05) is 23.1 Å². The Labute approximate surface area is 103 Å². The number of carbonyl (C=O) groups is 1. The number of rotatable bonds is 4. The lowest BCUT2D eigenvalue weighted by Crippen LogP contribution is -2.30. The second-order valence-electron chi connectivity index (χ2n) is 4.92. The number of carbonyl (C=O) groups excluding carboxylic acids is 1. The standard InChI is InChI=1S/C14H20N2O/c1-11(13-5-3-2-4-6-13)9-16-10-12(8-15)7-14(16)17/h2-6,11-12H,7-10,15H2,1H3. The first-order valence-electron chi connectivity index (χ1n) is 6.23. The molecular weight excluding hydrogens is 212 g/mol. The average Bonchev–Trinajstić information content (AvgIpc) is 2.71. The summed E-state index contributed by atoms with van der Waals surface area (Å²) in [7, 11) is 0. The van der Waals surface area contributed by atoms with E-state index in [2.05, 4.69) is 19.1 Å². The first-order chi connectivity index (χ1) is 8.20. The van der Waals surface area contributed by atoms with E-state index < -0.39 is 0 Å². The maximum Gasteiger partial charge on any atom is 0.222 e. The van der Waals surface area contributed by atoms with Crippen molar-refractivity contribution in [2.75, 3.05) is 19.6 Å². The summed E-state index contributed by atoms with van der Waals surface area (Å²) >= 11 is 0. The van der Waals surface area contributed by atoms with Crippen molar-refractivity contribution in [3.8, 4) is 0 Å². The number of nitrogens with two attached hydrogens (primary N) is 1. The van der Waals surface area contributed by atoms with Gasteiger partial charge >= 0.3 is 0 Å². The highest BCUT2D eigenvalue weighted by molar-refractivity contribution is 5.78. The van der Waals surface area contributed by atoms with Gasteiger partial charge in [0, 0.05) is 19.5 Å². The average molecular weight is 232 g/mol. The van der Waals surface area contributed by atoms with Crippen LogP contribution in [0.3, 0.4) is 0 Å². The third-order valence-electron chi connectivity index (χ3n) is 3.49. The molecule has 1 aromatic carbocycles. The number of amides is 1. The number of likely N-dealkylation sites (tertiary alicyclic amines) is 1. The van der Waals surface area contributed by atoms with Gasteiger partial charge in [-0.05, 0) is 23.9 Å². The van der Waals surface area contributed by atoms with Gasteiger partial charge in [0.25, 0.3) is 0 Å². The molecule has 0 bridgehead atoms. The van der Waals surface area contributed by atoms with Crippen LogP contribution in [0.1, 0.15) is 24.8 Å². The van der Waals surface area contributed by atoms with Crippen LogP contribution in [0.25, 0.3) is 0 Å². The molecule has 3 heteroatoms. The Morgan fingerprint density at radius 1 is 1.41 bits per heavy atom. The van der Waals surface area contributed by atoms with Gasteiger partial charge in [0.05, 0.1) is 0 Å². The van der Waals surface area contributed by atoms with Crippen LogP contribution in [-0.2, 0) is 4.79 Å². The minimum atomic E-state index is 0.253. The van der Waals surface area contributed by atoms with Gasteiger partial charge in [-0.3, -0.25) is 4.79 Å². The highest BCUT2D eigenvalue weighted by atomic mass is 16.2. The number of benzene rings is 1. The Bertz CT molecular complexity index is 377. The van der Waals surface area contributed by atoms with Crippen molar-refractivity contribution in [1.29, 1.82) is 0 Å². The highest BCUT2D eigenvalue weighted by Gasteiger charge is 2.29. The molecule has 0 aliphatic carbocycles. The first-order valence-corrected chi connectivity index (χ1v) is 6.23. The molecule has 2 unspecified atom stereocenters. The largest absolute Gasteiger partial charge is 0.342 e. The normalized spacial score (nSPS) is 21.9. The zero-order chi connectivity index (χ0) is 12.3. The molecule has 1 heterocycles. The van der Waals surface area contributed by atoms with Gasteiger partial charge in [0.2, 0.25) is 5.91 Å². The summed E-state index contributed by atoms with van der Waals surface area (Å²) in [5.41, 5.74) is 6.91. The molecule has 92 valence electrons. The number of nitrogens with zero attached hydrogens (tertiary/aromatic N) is 1. The van der Waals surface area contributed by atoms with Gasteiger partial charge in [-0.2, -0.15) is 0 Å². The van der Waals surface area contributed by atoms with Gasteiger partial charge < -0.3 is 10.6 Å². The molecule has 2 N–H and O–H groups in total. The second-order valence-corrected chi connectivity index (χ2v) is 4.92. The zero-order valence-electron chi connectivity index (χ0n) is 10.3. The van der Waals surface area contributed by atoms with Gasteiger partial charge in [0.1, 0.15) is 0 Å². The van der Waals surface area contributed by atoms with Crippen molar-refractivity contribution in [2.24, 2.45) is 11.7 Å². The van der Waals surface area contributed by atoms with Crippen molar-refractivity contribution in [2.45, 2.75) is 19.3 Å². The quantitative estimate of drug-likeness (QED) is 0.857. The fourth-order valence-corrected chi connectivity index (χ4v) is 2.41. The van der Waals surface area contributed by atoms with Crippen molar-refractivity contribution in [3.63, 3.8) is 0 Å². The molecule has 0 saturated carbocycles. The predicted molar refractivity (Wildman–Crippen MR) is 68.6 cm³/mol. The van der Waals surface area contributed by atoms with Crippen molar-refractivity contribution < 1.29 is 4.79 Å². The Balaban J connectivity index is 1.95. The topological polar surface area (TPSA) is 46.3 Å². The lowest BCUT2D eigenvalue weighted by atomic mass is 10.0. The monoisotopic (exact) mass is 232 g/mol. The summed E-state index contributed by atoms with van der Waals surface area (Å²) in [4.78, 5) is 13.7. The summed E-state index contributed by atoms with van der Waals surface area (Å²) in [5, 5.41) is 0. The highest BCUT2D eigenvalue weighted by Crippen LogP contribution is 2.22. The summed E-state index contributed by atoms with van der Waals surface area (Å²) in [6.07, 6.45) is 0.623. The second kappa shape index (κ2) is 5.32. The molecule has 1 fully saturated rings. The Kier molecular flexibility index (Phi) is 3.79. The minimum absolute atomic E-state index is 0.253. The summed E-state index contributed by atoms with van der Waals surface area (Å²) < 4.78 is 0. The van der Waals surface area contributed by atoms with E-state index in [0.717, 1.165) is 13.1 Å². The summed E-state index contributed by atoms with van der Waals surface area (Å²) in [6.45, 7) is 4.41. The molecule has 0 aromatic heterocycles. The minimum Gasteiger partial charge on any atom is -0.342 e. The molecule has 1 aliphatic rings. The van der Waals surface area contributed by atoms with Crippen LogP contribution < -0.4 is 5.73 Å². The number of hydrogen-bond acceptors (Lipinski definition) is 2. The van der Waals surface area contributed by atoms with E-state index in [-0.39, 0.29) is 5.91 Å². The SMILES string of the molecule is CC(CN1CC(CN)CC1=O)c1ccccc1. The van der Waals surface area contributed by atoms with E-state index in [0.29, 0.717) is 24.8 Å². The third-order valence-corrected chi connectivity index (χ3v) is 3.49. The lowest BCUT2D eigenvalue weighted by molar-refractivity contribution is -0.127. The molecule has 2 atom stereocenters. The summed E-state index contributed by atoms with van der Waals surface area (Å²) in [5.74, 6) is 0.991. The van der Waals surface area contributed by atoms with Gasteiger partial charge in [0.15, 0.2) is 0 Å². The van der Waals surface area contributed by atoms with E-state index in [9.17, 15) is 4.79 Å². The lowest BCUT2D eigenvalue weighted by Gasteiger charge is -2.21. The van der Waals surface area contributed by atoms with Gasteiger partial charge in [-0.15, -0.1) is 0 Å². The van der Waals surface area contributed by atoms with Crippen LogP contribution >= 0.6 is 0 Å². The van der Waals surface area contributed by atoms with Crippen LogP contribution in [0.2, 0.25) is 0 Å². The Morgan fingerprint density at radius 3 is 2.71 bits per heavy atom. The van der Waals surface area contributed by atoms with Crippen molar-refractivity contribution in [3.05, 3.63) is 35.9 Å². The van der Waals surface area contributed by atoms with E-state index in [1.54, 1.807) is 0 Å². The smallest absolute Gasteiger partial charge is 0.222 e. The Morgan fingerprint density at radius 2 is 2.12 bits per heavy atom. The van der Waals surface area contributed by atoms with E-state index in [1.165, 1.54) is 5.56 Å². The molecule has 1 amide bonds. The van der Waals surface area contributed by atoms with E-state index >= 15 is 0 Å². The predicted octanol–water partition coefficient (Wildman–Crippen LogP) is 1.60. The maximum absolute atomic E-state index is 11.8. The molecule has 1 aromatic rings. The van der Waals surface area contributed by atoms with Crippen molar-refractivity contribution in [1.82, 2.24) is 4.90 Å². The van der Waals surface area contributed by atoms with Crippen molar-refractivity contribution >= 4 is 5.91 Å². The Hall–Kier alpha value is -1.35. The molecule has 0 radical (unpaired) electrons. The maximum atomic E-state index is 11.8. The molecule has 1 aliphatic heterocycles. The number of hydrogen-bond donors (Lipinski definition) is 1. The summed E-state index contributed by atoms with van der Waals surface area (Å²) in [6, 6.07) is 10.3. The zero-order valence-corrected chi connectivity index (χ0v) is 10.3. The molecule has 3 nitrogen and oxygen atoms in total. The van der Waals surface area contributed by atoms with Gasteiger partial charge in [-0.25, -0.2) is 0 Å². The molecule has 1 saturated heterocycles. The van der Waals surface area contributed by atoms with Crippen LogP contribution in [0.15, 0.2) is 30.3 Å². The molecule has 2 rings (SSSR count). The fourth-order valence-electron chi connectivity index (χ4n) is 2.41. The van der Waals surface area contributed by atoms with Gasteiger partial charge in [-0.1, -0.05) is 37.3 Å². The first kappa shape index (κ1) is 12.1. The molecule has 0 spiro atoms. The third kappa shape index (κ3) is 2.86. The van der Waals surface area contributed by atoms with Crippen LogP contribution in [0.5, 0.6) is 0 Å². The fraction of sp³-hybridized carbons (Fsp3) is 0.500. The van der Waals surface area contributed by atoms with Crippen LogP contribution in [0, 0.1) is 5.92 Å².